The van der Waals surface area contributed by atoms with E-state index in [4.69, 9.17) is 0 Å². The first kappa shape index (κ1) is 11.2. The molecule has 0 radical (unpaired) electrons. The van der Waals surface area contributed by atoms with Crippen molar-refractivity contribution in [1.29, 1.82) is 5.26 Å². The van der Waals surface area contributed by atoms with Gasteiger partial charge in [0, 0.05) is 13.1 Å². The van der Waals surface area contributed by atoms with Crippen molar-refractivity contribution < 1.29 is 0 Å². The Kier molecular flexibility index (Phi) is 2.99. The maximum Gasteiger partial charge on any atom is 0.147 e. The van der Waals surface area contributed by atoms with Gasteiger partial charge >= 0.3 is 0 Å². The van der Waals surface area contributed by atoms with Gasteiger partial charge in [-0.25, -0.2) is 4.98 Å². The number of hydrogen-bond donors (Lipinski definition) is 0. The van der Waals surface area contributed by atoms with Crippen LogP contribution in [-0.4, -0.2) is 18.1 Å². The minimum absolute atomic E-state index is 0.678. The average molecular weight is 255 g/mol. The largest absolute Gasteiger partial charge is 0.356 e. The highest BCUT2D eigenvalue weighted by molar-refractivity contribution is 7.13. The summed E-state index contributed by atoms with van der Waals surface area (Å²) in [6.45, 7) is 2.02. The number of nitriles is 1. The van der Waals surface area contributed by atoms with Gasteiger partial charge in [-0.05, 0) is 36.4 Å². The number of nitrogens with zero attached hydrogens (tertiary/aromatic N) is 3. The Morgan fingerprint density at radius 2 is 2.06 bits per heavy atom. The van der Waals surface area contributed by atoms with Crippen molar-refractivity contribution in [3.8, 4) is 16.6 Å². The van der Waals surface area contributed by atoms with Crippen LogP contribution in [0.1, 0.15) is 18.4 Å². The van der Waals surface area contributed by atoms with Crippen molar-refractivity contribution in [3.63, 3.8) is 0 Å². The van der Waals surface area contributed by atoms with Gasteiger partial charge in [-0.2, -0.15) is 5.26 Å². The van der Waals surface area contributed by atoms with Crippen molar-refractivity contribution in [2.24, 2.45) is 0 Å². The minimum Gasteiger partial charge on any atom is -0.356 e. The third-order valence-electron chi connectivity index (χ3n) is 3.17. The topological polar surface area (TPSA) is 39.9 Å². The van der Waals surface area contributed by atoms with Crippen LogP contribution in [0.5, 0.6) is 0 Å². The number of anilines is 1. The zero-order valence-corrected chi connectivity index (χ0v) is 10.8. The summed E-state index contributed by atoms with van der Waals surface area (Å²) in [4.78, 5) is 8.05. The maximum absolute atomic E-state index is 9.19. The van der Waals surface area contributed by atoms with E-state index in [1.807, 2.05) is 23.6 Å². The van der Waals surface area contributed by atoms with Gasteiger partial charge in [0.25, 0.3) is 0 Å². The fourth-order valence-electron chi connectivity index (χ4n) is 2.27. The Balaban J connectivity index is 2.05. The van der Waals surface area contributed by atoms with Crippen LogP contribution in [0.25, 0.3) is 10.6 Å². The molecule has 3 nitrogen and oxygen atoms in total. The summed E-state index contributed by atoms with van der Waals surface area (Å²) in [6, 6.07) is 10.1. The van der Waals surface area contributed by atoms with Gasteiger partial charge in [-0.15, -0.1) is 11.3 Å². The Bertz CT molecular complexity index is 578. The van der Waals surface area contributed by atoms with Crippen molar-refractivity contribution in [2.75, 3.05) is 18.0 Å². The third kappa shape index (κ3) is 1.98. The van der Waals surface area contributed by atoms with Crippen LogP contribution >= 0.6 is 11.3 Å². The van der Waals surface area contributed by atoms with E-state index >= 15 is 0 Å². The van der Waals surface area contributed by atoms with Gasteiger partial charge in [-0.3, -0.25) is 0 Å². The van der Waals surface area contributed by atoms with E-state index in [1.165, 1.54) is 12.8 Å². The smallest absolute Gasteiger partial charge is 0.147 e. The van der Waals surface area contributed by atoms with E-state index in [9.17, 15) is 5.26 Å². The van der Waals surface area contributed by atoms with E-state index < -0.39 is 0 Å². The predicted octanol–water partition coefficient (Wildman–Crippen LogP) is 3.28. The van der Waals surface area contributed by atoms with Gasteiger partial charge in [-0.1, -0.05) is 6.07 Å². The van der Waals surface area contributed by atoms with Crippen LogP contribution in [0.15, 0.2) is 29.6 Å². The highest BCUT2D eigenvalue weighted by Gasteiger charge is 2.18. The van der Waals surface area contributed by atoms with E-state index in [0.717, 1.165) is 29.5 Å². The molecule has 3 rings (SSSR count). The molecule has 2 aromatic rings. The Morgan fingerprint density at radius 1 is 1.22 bits per heavy atom. The second-order valence-corrected chi connectivity index (χ2v) is 5.30. The SMILES string of the molecule is N#Cc1ccc(-c2cccs2)nc1N1CCCC1. The highest BCUT2D eigenvalue weighted by Crippen LogP contribution is 2.28. The number of thiophene rings is 1. The lowest BCUT2D eigenvalue weighted by molar-refractivity contribution is 0.935. The van der Waals surface area contributed by atoms with Gasteiger partial charge < -0.3 is 4.90 Å². The number of aromatic nitrogens is 1. The molecule has 0 N–H and O–H groups in total. The first-order valence-electron chi connectivity index (χ1n) is 6.08. The molecule has 0 saturated carbocycles. The summed E-state index contributed by atoms with van der Waals surface area (Å²) in [5.41, 5.74) is 1.64. The maximum atomic E-state index is 9.19. The lowest BCUT2D eigenvalue weighted by Crippen LogP contribution is -2.20. The molecular weight excluding hydrogens is 242 g/mol. The molecule has 18 heavy (non-hydrogen) atoms. The fourth-order valence-corrected chi connectivity index (χ4v) is 2.96. The van der Waals surface area contributed by atoms with Crippen LogP contribution in [0, 0.1) is 11.3 Å². The van der Waals surface area contributed by atoms with Gasteiger partial charge in [0.15, 0.2) is 0 Å². The summed E-state index contributed by atoms with van der Waals surface area (Å²) in [5.74, 6) is 0.848. The first-order chi connectivity index (χ1) is 8.88. The van der Waals surface area contributed by atoms with Crippen molar-refractivity contribution >= 4 is 17.2 Å². The third-order valence-corrected chi connectivity index (χ3v) is 4.07. The lowest BCUT2D eigenvalue weighted by atomic mass is 10.2. The van der Waals surface area contributed by atoms with Crippen molar-refractivity contribution in [3.05, 3.63) is 35.2 Å². The summed E-state index contributed by atoms with van der Waals surface area (Å²) >= 11 is 1.68. The minimum atomic E-state index is 0.678. The van der Waals surface area contributed by atoms with E-state index in [0.29, 0.717) is 5.56 Å². The molecule has 0 amide bonds. The van der Waals surface area contributed by atoms with E-state index in [2.05, 4.69) is 22.0 Å². The van der Waals surface area contributed by atoms with Gasteiger partial charge in [0.1, 0.15) is 11.9 Å². The quantitative estimate of drug-likeness (QED) is 0.826. The molecule has 1 saturated heterocycles. The Hall–Kier alpha value is -1.86. The Labute approximate surface area is 110 Å². The zero-order chi connectivity index (χ0) is 12.4. The predicted molar refractivity (Wildman–Crippen MR) is 73.7 cm³/mol. The van der Waals surface area contributed by atoms with Crippen molar-refractivity contribution in [1.82, 2.24) is 4.98 Å². The normalized spacial score (nSPS) is 14.7. The molecule has 1 aliphatic heterocycles. The number of hydrogen-bond acceptors (Lipinski definition) is 4. The van der Waals surface area contributed by atoms with Gasteiger partial charge in [0.2, 0.25) is 0 Å². The molecule has 0 aromatic carbocycles. The van der Waals surface area contributed by atoms with E-state index in [-0.39, 0.29) is 0 Å². The second-order valence-electron chi connectivity index (χ2n) is 4.35. The second kappa shape index (κ2) is 4.79. The lowest BCUT2D eigenvalue weighted by Gasteiger charge is -2.18. The van der Waals surface area contributed by atoms with Crippen LogP contribution in [0.2, 0.25) is 0 Å². The molecule has 1 fully saturated rings. The average Bonchev–Trinajstić information content (AvgIpc) is 3.11. The molecule has 0 unspecified atom stereocenters. The van der Waals surface area contributed by atoms with Gasteiger partial charge in [0.05, 0.1) is 16.1 Å². The summed E-state index contributed by atoms with van der Waals surface area (Å²) in [7, 11) is 0. The molecule has 0 atom stereocenters. The molecule has 3 heterocycles. The summed E-state index contributed by atoms with van der Waals surface area (Å²) in [6.07, 6.45) is 2.38. The van der Waals surface area contributed by atoms with Crippen LogP contribution in [0.3, 0.4) is 0 Å². The standard InChI is InChI=1S/C14H13N3S/c15-10-11-5-6-12(13-4-3-9-18-13)16-14(11)17-7-1-2-8-17/h3-6,9H,1-2,7-8H2. The molecule has 4 heteroatoms. The van der Waals surface area contributed by atoms with Crippen LogP contribution < -0.4 is 4.90 Å². The Morgan fingerprint density at radius 3 is 2.72 bits per heavy atom. The summed E-state index contributed by atoms with van der Waals surface area (Å²) < 4.78 is 0. The van der Waals surface area contributed by atoms with Crippen molar-refractivity contribution in [2.45, 2.75) is 12.8 Å². The first-order valence-corrected chi connectivity index (χ1v) is 6.96. The van der Waals surface area contributed by atoms with Crippen LogP contribution in [0.4, 0.5) is 5.82 Å². The zero-order valence-electron chi connectivity index (χ0n) is 9.97. The molecule has 90 valence electrons. The van der Waals surface area contributed by atoms with E-state index in [1.54, 1.807) is 11.3 Å². The number of pyridine rings is 1. The monoisotopic (exact) mass is 255 g/mol. The number of rotatable bonds is 2. The molecular formula is C14H13N3S. The van der Waals surface area contributed by atoms with Crippen LogP contribution in [-0.2, 0) is 0 Å². The molecule has 0 bridgehead atoms. The fraction of sp³-hybridized carbons (Fsp3) is 0.286. The highest BCUT2D eigenvalue weighted by atomic mass is 32.1. The molecule has 1 aliphatic rings. The molecule has 2 aromatic heterocycles. The summed E-state index contributed by atoms with van der Waals surface area (Å²) in [5, 5.41) is 11.2. The molecule has 0 spiro atoms. The molecule has 0 aliphatic carbocycles.